The molecule has 1 atom stereocenters. The highest BCUT2D eigenvalue weighted by atomic mass is 16.3. The zero-order chi connectivity index (χ0) is 37.7. The van der Waals surface area contributed by atoms with Crippen LogP contribution in [0.25, 0.3) is 0 Å². The molecule has 0 spiro atoms. The summed E-state index contributed by atoms with van der Waals surface area (Å²) in [7, 11) is 0. The van der Waals surface area contributed by atoms with E-state index in [0.29, 0.717) is 32.1 Å². The van der Waals surface area contributed by atoms with Crippen molar-refractivity contribution in [3.63, 3.8) is 0 Å². The first kappa shape index (κ1) is 49.8. The average molecular weight is 739 g/mol. The van der Waals surface area contributed by atoms with Crippen LogP contribution in [0.5, 0.6) is 0 Å². The first-order valence-corrected chi connectivity index (χ1v) is 23.7. The number of aliphatic hydroxyl groups is 5. The molecule has 0 saturated heterocycles. The van der Waals surface area contributed by atoms with Crippen molar-refractivity contribution in [2.24, 2.45) is 16.7 Å². The molecule has 5 nitrogen and oxygen atoms in total. The van der Waals surface area contributed by atoms with Crippen LogP contribution in [0.4, 0.5) is 0 Å². The molecule has 52 heavy (non-hydrogen) atoms. The zero-order valence-corrected chi connectivity index (χ0v) is 34.9. The summed E-state index contributed by atoms with van der Waals surface area (Å²) in [6.07, 6.45) is 48.1. The molecule has 0 aliphatic heterocycles. The molecule has 0 heterocycles. The van der Waals surface area contributed by atoms with Crippen molar-refractivity contribution < 1.29 is 25.5 Å². The molecule has 0 amide bonds. The van der Waals surface area contributed by atoms with E-state index in [-0.39, 0.29) is 44.4 Å². The van der Waals surface area contributed by atoms with Gasteiger partial charge in [-0.25, -0.2) is 0 Å². The van der Waals surface area contributed by atoms with Crippen LogP contribution < -0.4 is 0 Å². The van der Waals surface area contributed by atoms with E-state index in [9.17, 15) is 25.5 Å². The van der Waals surface area contributed by atoms with Gasteiger partial charge in [0.1, 0.15) is 0 Å². The fourth-order valence-corrected chi connectivity index (χ4v) is 10.5. The van der Waals surface area contributed by atoms with E-state index in [2.05, 4.69) is 0 Å². The molecule has 0 bridgehead atoms. The van der Waals surface area contributed by atoms with Gasteiger partial charge >= 0.3 is 0 Å². The molecular weight excluding hydrogens is 645 g/mol. The Hall–Kier alpha value is -0.200. The van der Waals surface area contributed by atoms with Gasteiger partial charge in [0.2, 0.25) is 0 Å². The molecule has 1 aliphatic rings. The van der Waals surface area contributed by atoms with Gasteiger partial charge in [0.15, 0.2) is 0 Å². The van der Waals surface area contributed by atoms with E-state index in [4.69, 9.17) is 0 Å². The third-order valence-corrected chi connectivity index (χ3v) is 13.6. The van der Waals surface area contributed by atoms with Gasteiger partial charge in [-0.15, -0.1) is 0 Å². The Morgan fingerprint density at radius 2 is 0.538 bits per heavy atom. The summed E-state index contributed by atoms with van der Waals surface area (Å²) in [5.74, 6) is 0.149. The Kier molecular flexibility index (Phi) is 34.9. The van der Waals surface area contributed by atoms with E-state index >= 15 is 0 Å². The van der Waals surface area contributed by atoms with Crippen LogP contribution in [0.3, 0.4) is 0 Å². The molecule has 0 radical (unpaired) electrons. The smallest absolute Gasteiger partial charge is 0.0436 e. The minimum absolute atomic E-state index is 0.0283. The van der Waals surface area contributed by atoms with Gasteiger partial charge < -0.3 is 25.5 Å². The zero-order valence-electron chi connectivity index (χ0n) is 34.9. The van der Waals surface area contributed by atoms with Gasteiger partial charge in [-0.1, -0.05) is 205 Å². The summed E-state index contributed by atoms with van der Waals surface area (Å²) >= 11 is 0. The van der Waals surface area contributed by atoms with Gasteiger partial charge in [0.25, 0.3) is 0 Å². The molecule has 1 rings (SSSR count). The molecule has 312 valence electrons. The van der Waals surface area contributed by atoms with Crippen LogP contribution in [0.2, 0.25) is 0 Å². The lowest BCUT2D eigenvalue weighted by molar-refractivity contribution is -0.100. The Morgan fingerprint density at radius 1 is 0.288 bits per heavy atom. The molecular formula is C47H94O5. The fourth-order valence-electron chi connectivity index (χ4n) is 10.5. The van der Waals surface area contributed by atoms with Crippen molar-refractivity contribution in [3.05, 3.63) is 0 Å². The van der Waals surface area contributed by atoms with E-state index in [1.54, 1.807) is 0 Å². The third kappa shape index (κ3) is 23.0. The number of aliphatic hydroxyl groups excluding tert-OH is 5. The van der Waals surface area contributed by atoms with Crippen LogP contribution in [-0.4, -0.2) is 58.6 Å². The first-order chi connectivity index (χ1) is 25.7. The molecule has 1 unspecified atom stereocenters. The predicted molar refractivity (Wildman–Crippen MR) is 224 cm³/mol. The highest BCUT2D eigenvalue weighted by Gasteiger charge is 2.52. The molecule has 0 aromatic rings. The van der Waals surface area contributed by atoms with Crippen molar-refractivity contribution in [1.82, 2.24) is 0 Å². The minimum Gasteiger partial charge on any atom is -0.396 e. The average Bonchev–Trinajstić information content (AvgIpc) is 3.14. The van der Waals surface area contributed by atoms with Gasteiger partial charge in [0, 0.05) is 33.0 Å². The molecule has 0 aromatic carbocycles. The lowest BCUT2D eigenvalue weighted by Crippen LogP contribution is -2.50. The van der Waals surface area contributed by atoms with Crippen LogP contribution in [-0.2, 0) is 0 Å². The van der Waals surface area contributed by atoms with Gasteiger partial charge in [-0.05, 0) is 61.7 Å². The first-order valence-electron chi connectivity index (χ1n) is 23.7. The third-order valence-electron chi connectivity index (χ3n) is 13.6. The lowest BCUT2D eigenvalue weighted by atomic mass is 9.49. The quantitative estimate of drug-likeness (QED) is 0.154. The van der Waals surface area contributed by atoms with E-state index in [1.807, 2.05) is 0 Å². The molecule has 5 N–H and O–H groups in total. The minimum atomic E-state index is -0.417. The van der Waals surface area contributed by atoms with Crippen molar-refractivity contribution in [3.8, 4) is 0 Å². The van der Waals surface area contributed by atoms with E-state index in [0.717, 1.165) is 32.1 Å². The normalized spacial score (nSPS) is 24.1. The van der Waals surface area contributed by atoms with Gasteiger partial charge in [0.05, 0.1) is 0 Å². The standard InChI is InChI=1S/C47H94O5/c48-40-34-45-33-31-29-27-25-23-21-19-17-15-13-11-9-7-5-3-1-2-4-6-8-10-12-14-16-18-20-22-24-26-28-30-32-35-46(36-41-49,37-42-50)47(45,38-43-51)39-44-52/h45,48-52H,1-44H2. The highest BCUT2D eigenvalue weighted by molar-refractivity contribution is 5.02. The van der Waals surface area contributed by atoms with Crippen molar-refractivity contribution in [2.45, 2.75) is 250 Å². The summed E-state index contributed by atoms with van der Waals surface area (Å²) in [5, 5.41) is 52.1. The van der Waals surface area contributed by atoms with Crippen LogP contribution >= 0.6 is 0 Å². The summed E-state index contributed by atoms with van der Waals surface area (Å²) in [6, 6.07) is 0. The van der Waals surface area contributed by atoms with Crippen molar-refractivity contribution >= 4 is 0 Å². The summed E-state index contributed by atoms with van der Waals surface area (Å²) in [5.41, 5.74) is -0.782. The second-order valence-corrected chi connectivity index (χ2v) is 17.4. The number of rotatable bonds is 10. The lowest BCUT2D eigenvalue weighted by Gasteiger charge is -2.56. The second-order valence-electron chi connectivity index (χ2n) is 17.4. The SMILES string of the molecule is OCCC1CCCCCCCCCCCCCCCCCCCCCCCCCCCCCCCCCCC(CCO)(CCO)C1(CCO)CCO. The van der Waals surface area contributed by atoms with Crippen LogP contribution in [0, 0.1) is 16.7 Å². The Morgan fingerprint density at radius 3 is 0.788 bits per heavy atom. The Labute approximate surface area is 324 Å². The summed E-state index contributed by atoms with van der Waals surface area (Å²) in [6.45, 7) is 0.244. The number of hydrogen-bond donors (Lipinski definition) is 5. The maximum absolute atomic E-state index is 10.5. The molecule has 0 aromatic heterocycles. The van der Waals surface area contributed by atoms with Crippen molar-refractivity contribution in [2.75, 3.05) is 33.0 Å². The fraction of sp³-hybridized carbons (Fsp3) is 1.00. The molecule has 1 fully saturated rings. The monoisotopic (exact) mass is 739 g/mol. The molecule has 5 heteroatoms. The Balaban J connectivity index is 2.80. The van der Waals surface area contributed by atoms with Crippen LogP contribution in [0.15, 0.2) is 0 Å². The maximum atomic E-state index is 10.5. The van der Waals surface area contributed by atoms with Gasteiger partial charge in [-0.3, -0.25) is 0 Å². The second kappa shape index (κ2) is 36.4. The summed E-state index contributed by atoms with van der Waals surface area (Å²) in [4.78, 5) is 0. The van der Waals surface area contributed by atoms with E-state index < -0.39 is 5.41 Å². The number of hydrogen-bond acceptors (Lipinski definition) is 5. The maximum Gasteiger partial charge on any atom is 0.0436 e. The van der Waals surface area contributed by atoms with Crippen molar-refractivity contribution in [1.29, 1.82) is 0 Å². The molecule has 1 aliphatic carbocycles. The van der Waals surface area contributed by atoms with Crippen LogP contribution in [0.1, 0.15) is 250 Å². The highest BCUT2D eigenvalue weighted by Crippen LogP contribution is 2.59. The van der Waals surface area contributed by atoms with E-state index in [1.165, 1.54) is 186 Å². The topological polar surface area (TPSA) is 101 Å². The molecule has 1 saturated carbocycles. The summed E-state index contributed by atoms with van der Waals surface area (Å²) < 4.78 is 0. The Bertz CT molecular complexity index is 702. The van der Waals surface area contributed by atoms with Gasteiger partial charge in [-0.2, -0.15) is 0 Å². The predicted octanol–water partition coefficient (Wildman–Crippen LogP) is 12.8. The largest absolute Gasteiger partial charge is 0.396 e.